The second-order valence-electron chi connectivity index (χ2n) is 7.69. The number of halogens is 3. The molecular formula is C24H23F3N2O4S. The van der Waals surface area contributed by atoms with Crippen molar-refractivity contribution < 1.29 is 31.1 Å². The number of anilines is 2. The lowest BCUT2D eigenvalue weighted by molar-refractivity contribution is -0.153. The predicted octanol–water partition coefficient (Wildman–Crippen LogP) is 5.32. The molecular weight excluding hydrogens is 469 g/mol. The van der Waals surface area contributed by atoms with Crippen LogP contribution in [-0.2, 0) is 10.0 Å². The minimum Gasteiger partial charge on any atom is -0.482 e. The van der Waals surface area contributed by atoms with Crippen LogP contribution in [0, 0.1) is 13.8 Å². The van der Waals surface area contributed by atoms with Crippen molar-refractivity contribution in [2.45, 2.75) is 24.9 Å². The number of alkyl halides is 3. The van der Waals surface area contributed by atoms with Crippen molar-refractivity contribution in [1.82, 2.24) is 0 Å². The summed E-state index contributed by atoms with van der Waals surface area (Å²) in [4.78, 5) is 12.8. The number of nitrogens with zero attached hydrogens (tertiary/aromatic N) is 1. The van der Waals surface area contributed by atoms with Crippen molar-refractivity contribution in [3.8, 4) is 5.75 Å². The summed E-state index contributed by atoms with van der Waals surface area (Å²) in [7, 11) is -2.39. The Morgan fingerprint density at radius 3 is 2.12 bits per heavy atom. The average Bonchev–Trinajstić information content (AvgIpc) is 2.78. The highest BCUT2D eigenvalue weighted by molar-refractivity contribution is 7.92. The van der Waals surface area contributed by atoms with Gasteiger partial charge in [-0.1, -0.05) is 23.8 Å². The smallest absolute Gasteiger partial charge is 0.422 e. The average molecular weight is 493 g/mol. The summed E-state index contributed by atoms with van der Waals surface area (Å²) in [5.41, 5.74) is 2.20. The maximum atomic E-state index is 12.9. The van der Waals surface area contributed by atoms with Crippen LogP contribution in [0.1, 0.15) is 21.5 Å². The van der Waals surface area contributed by atoms with Gasteiger partial charge in [0.1, 0.15) is 5.75 Å². The Bertz CT molecular complexity index is 1270. The predicted molar refractivity (Wildman–Crippen MR) is 124 cm³/mol. The second-order valence-corrected chi connectivity index (χ2v) is 9.66. The van der Waals surface area contributed by atoms with Crippen molar-refractivity contribution in [3.05, 3.63) is 83.4 Å². The lowest BCUT2D eigenvalue weighted by Gasteiger charge is -2.20. The molecule has 0 saturated carbocycles. The quantitative estimate of drug-likeness (QED) is 0.484. The van der Waals surface area contributed by atoms with E-state index < -0.39 is 28.7 Å². The van der Waals surface area contributed by atoms with Crippen molar-refractivity contribution in [2.24, 2.45) is 0 Å². The van der Waals surface area contributed by atoms with E-state index >= 15 is 0 Å². The number of carbonyl (C=O) groups excluding carboxylic acids is 1. The number of carbonyl (C=O) groups is 1. The van der Waals surface area contributed by atoms with E-state index in [0.717, 1.165) is 9.87 Å². The van der Waals surface area contributed by atoms with Crippen LogP contribution in [0.2, 0.25) is 0 Å². The molecule has 180 valence electrons. The number of rotatable bonds is 7. The van der Waals surface area contributed by atoms with Gasteiger partial charge in [-0.2, -0.15) is 13.2 Å². The Balaban J connectivity index is 1.76. The van der Waals surface area contributed by atoms with Gasteiger partial charge >= 0.3 is 6.18 Å². The fraction of sp³-hybridized carbons (Fsp3) is 0.208. The van der Waals surface area contributed by atoms with Gasteiger partial charge in [0.2, 0.25) is 0 Å². The molecule has 0 heterocycles. The zero-order valence-electron chi connectivity index (χ0n) is 18.7. The summed E-state index contributed by atoms with van der Waals surface area (Å²) in [6.07, 6.45) is -4.52. The maximum absolute atomic E-state index is 12.9. The normalized spacial score (nSPS) is 11.7. The third-order valence-corrected chi connectivity index (χ3v) is 6.75. The number of benzene rings is 3. The lowest BCUT2D eigenvalue weighted by atomic mass is 10.1. The minimum absolute atomic E-state index is 0.0861. The van der Waals surface area contributed by atoms with Crippen molar-refractivity contribution in [2.75, 3.05) is 23.3 Å². The van der Waals surface area contributed by atoms with Crippen LogP contribution in [0.15, 0.2) is 71.6 Å². The molecule has 3 aromatic carbocycles. The molecule has 0 radical (unpaired) electrons. The highest BCUT2D eigenvalue weighted by Crippen LogP contribution is 2.29. The topological polar surface area (TPSA) is 75.7 Å². The summed E-state index contributed by atoms with van der Waals surface area (Å²) in [5.74, 6) is -0.692. The van der Waals surface area contributed by atoms with Crippen LogP contribution < -0.4 is 14.4 Å². The molecule has 0 unspecified atom stereocenters. The van der Waals surface area contributed by atoms with E-state index in [-0.39, 0.29) is 21.9 Å². The number of hydrogen-bond acceptors (Lipinski definition) is 4. The molecule has 0 atom stereocenters. The number of nitrogens with one attached hydrogen (secondary N) is 1. The Kier molecular flexibility index (Phi) is 7.21. The first-order valence-corrected chi connectivity index (χ1v) is 11.6. The molecule has 34 heavy (non-hydrogen) atoms. The molecule has 0 bridgehead atoms. The first-order valence-electron chi connectivity index (χ1n) is 10.1. The van der Waals surface area contributed by atoms with Crippen LogP contribution >= 0.6 is 0 Å². The largest absolute Gasteiger partial charge is 0.482 e. The first-order chi connectivity index (χ1) is 15.9. The highest BCUT2D eigenvalue weighted by atomic mass is 32.2. The SMILES string of the molecule is Cc1ccc(S(=O)(=O)N(C)c2ccc(C(=O)Nc3ccc(C)cc3OCC(F)(F)F)cc2)cc1. The van der Waals surface area contributed by atoms with Gasteiger partial charge in [0.05, 0.1) is 16.3 Å². The molecule has 0 aliphatic heterocycles. The van der Waals surface area contributed by atoms with Gasteiger partial charge in [0.15, 0.2) is 6.61 Å². The molecule has 0 aliphatic carbocycles. The fourth-order valence-electron chi connectivity index (χ4n) is 3.04. The molecule has 0 spiro atoms. The van der Waals surface area contributed by atoms with Gasteiger partial charge in [-0.15, -0.1) is 0 Å². The number of sulfonamides is 1. The van der Waals surface area contributed by atoms with Crippen molar-refractivity contribution >= 4 is 27.3 Å². The van der Waals surface area contributed by atoms with Crippen LogP contribution in [0.4, 0.5) is 24.5 Å². The number of amides is 1. The van der Waals surface area contributed by atoms with Gasteiger partial charge < -0.3 is 10.1 Å². The molecule has 6 nitrogen and oxygen atoms in total. The number of hydrogen-bond donors (Lipinski definition) is 1. The Labute approximate surface area is 196 Å². The maximum Gasteiger partial charge on any atom is 0.422 e. The fourth-order valence-corrected chi connectivity index (χ4v) is 4.23. The second kappa shape index (κ2) is 9.76. The third kappa shape index (κ3) is 6.07. The summed E-state index contributed by atoms with van der Waals surface area (Å²) < 4.78 is 69.3. The van der Waals surface area contributed by atoms with E-state index in [1.165, 1.54) is 55.6 Å². The van der Waals surface area contributed by atoms with Crippen molar-refractivity contribution in [1.29, 1.82) is 0 Å². The van der Waals surface area contributed by atoms with E-state index in [2.05, 4.69) is 5.32 Å². The first kappa shape index (κ1) is 25.1. The van der Waals surface area contributed by atoms with Crippen LogP contribution in [0.5, 0.6) is 5.75 Å². The molecule has 3 rings (SSSR count). The Hall–Kier alpha value is -3.53. The van der Waals surface area contributed by atoms with E-state index in [4.69, 9.17) is 4.74 Å². The monoisotopic (exact) mass is 492 g/mol. The zero-order chi connectivity index (χ0) is 25.1. The molecule has 0 aliphatic rings. The molecule has 3 aromatic rings. The van der Waals surface area contributed by atoms with E-state index in [1.807, 2.05) is 6.92 Å². The standard InChI is InChI=1S/C24H23F3N2O4S/c1-16-4-11-20(12-5-16)34(31,32)29(3)19-9-7-18(8-10-19)23(30)28-21-13-6-17(2)14-22(21)33-15-24(25,26)27/h4-14H,15H2,1-3H3,(H,28,30). The lowest BCUT2D eigenvalue weighted by Crippen LogP contribution is -2.26. The van der Waals surface area contributed by atoms with E-state index in [0.29, 0.717) is 11.3 Å². The Morgan fingerprint density at radius 1 is 0.941 bits per heavy atom. The van der Waals surface area contributed by atoms with E-state index in [9.17, 15) is 26.4 Å². The minimum atomic E-state index is -4.52. The summed E-state index contributed by atoms with van der Waals surface area (Å²) in [5, 5.41) is 2.54. The molecule has 0 aromatic heterocycles. The molecule has 1 N–H and O–H groups in total. The van der Waals surface area contributed by atoms with Gasteiger partial charge in [-0.3, -0.25) is 9.10 Å². The molecule has 0 saturated heterocycles. The highest BCUT2D eigenvalue weighted by Gasteiger charge is 2.29. The van der Waals surface area contributed by atoms with Crippen LogP contribution in [-0.4, -0.2) is 34.2 Å². The van der Waals surface area contributed by atoms with E-state index in [1.54, 1.807) is 25.1 Å². The van der Waals surface area contributed by atoms with Crippen LogP contribution in [0.3, 0.4) is 0 Å². The molecule has 0 fully saturated rings. The summed E-state index contributed by atoms with van der Waals surface area (Å²) >= 11 is 0. The molecule has 1 amide bonds. The zero-order valence-corrected chi connectivity index (χ0v) is 19.5. The number of ether oxygens (including phenoxy) is 1. The summed E-state index contributed by atoms with van der Waals surface area (Å²) in [6, 6.07) is 16.7. The van der Waals surface area contributed by atoms with Gasteiger partial charge in [-0.25, -0.2) is 8.42 Å². The van der Waals surface area contributed by atoms with Gasteiger partial charge in [0.25, 0.3) is 15.9 Å². The summed E-state index contributed by atoms with van der Waals surface area (Å²) in [6.45, 7) is 2.05. The van der Waals surface area contributed by atoms with Crippen LogP contribution in [0.25, 0.3) is 0 Å². The van der Waals surface area contributed by atoms with Crippen molar-refractivity contribution in [3.63, 3.8) is 0 Å². The van der Waals surface area contributed by atoms with Gasteiger partial charge in [-0.05, 0) is 67.9 Å². The molecule has 10 heteroatoms. The van der Waals surface area contributed by atoms with Gasteiger partial charge in [0, 0.05) is 12.6 Å². The Morgan fingerprint density at radius 2 is 1.53 bits per heavy atom. The number of aryl methyl sites for hydroxylation is 2. The third-order valence-electron chi connectivity index (χ3n) is 4.95.